The Kier molecular flexibility index (Phi) is 352. The van der Waals surface area contributed by atoms with Crippen LogP contribution in [0.4, 0.5) is 0 Å². The molecule has 0 N–H and O–H groups in total. The number of hydrogen-bond donors (Lipinski definition) is 0. The fraction of sp³-hybridized carbons (Fsp3) is 0. The molecule has 0 spiro atoms. The average Bonchev–Trinajstić information content (AvgIpc) is 0. The van der Waals surface area contributed by atoms with Crippen LogP contribution in [0.2, 0.25) is 0 Å². The SMILES string of the molecule is [In].[Mg].[S].[S].[Zn].[Zn]. The largest absolute Gasteiger partial charge is 0 e. The number of hydrogen-bond acceptors (Lipinski definition) is 0. The van der Waals surface area contributed by atoms with Crippen molar-refractivity contribution >= 4 is 75.9 Å². The maximum Gasteiger partial charge on any atom is 0 e. The van der Waals surface area contributed by atoms with Crippen LogP contribution in [0.1, 0.15) is 0 Å². The van der Waals surface area contributed by atoms with E-state index in [2.05, 4.69) is 0 Å². The van der Waals surface area contributed by atoms with Gasteiger partial charge in [-0.15, -0.1) is 0 Å². The average molecular weight is 334 g/mol. The molecule has 6 heavy (non-hydrogen) atoms. The summed E-state index contributed by atoms with van der Waals surface area (Å²) < 4.78 is 0. The Bertz CT molecular complexity index is 11.5. The molecule has 0 aliphatic heterocycles. The van der Waals surface area contributed by atoms with Crippen LogP contribution in [-0.4, -0.2) is 48.9 Å². The molecular weight excluding hydrogens is 334 g/mol. The summed E-state index contributed by atoms with van der Waals surface area (Å²) in [5.74, 6) is 0. The third kappa shape index (κ3) is 25.6. The van der Waals surface area contributed by atoms with Gasteiger partial charge in [0.25, 0.3) is 0 Å². The van der Waals surface area contributed by atoms with Crippen molar-refractivity contribution in [3.63, 3.8) is 0 Å². The molecule has 0 rings (SSSR count). The van der Waals surface area contributed by atoms with Gasteiger partial charge < -0.3 is 0 Å². The van der Waals surface area contributed by atoms with Gasteiger partial charge in [-0.2, -0.15) is 0 Å². The van der Waals surface area contributed by atoms with Gasteiger partial charge in [-0.1, -0.05) is 0 Å². The van der Waals surface area contributed by atoms with E-state index in [1.165, 1.54) is 0 Å². The van der Waals surface area contributed by atoms with E-state index < -0.39 is 0 Å². The summed E-state index contributed by atoms with van der Waals surface area (Å²) >= 11 is 0. The first-order valence-corrected chi connectivity index (χ1v) is 0. The fourth-order valence-corrected chi connectivity index (χ4v) is 0. The smallest absolute Gasteiger partial charge is 0 e. The standard InChI is InChI=1S/In.Mg.2S.2Zn. The number of rotatable bonds is 0. The molecule has 0 amide bonds. The minimum atomic E-state index is 0. The summed E-state index contributed by atoms with van der Waals surface area (Å²) in [6.45, 7) is 0. The molecule has 21 valence electrons. The molecule has 0 heterocycles. The van der Waals surface area contributed by atoms with E-state index in [4.69, 9.17) is 0 Å². The van der Waals surface area contributed by atoms with Gasteiger partial charge in [0, 0.05) is 115 Å². The Hall–Kier alpha value is 3.58. The van der Waals surface area contributed by atoms with Gasteiger partial charge in [-0.3, -0.25) is 0 Å². The molecule has 0 atom stereocenters. The molecule has 0 aliphatic carbocycles. The van der Waals surface area contributed by atoms with Crippen molar-refractivity contribution in [2.24, 2.45) is 0 Å². The topological polar surface area (TPSA) is 0 Å². The maximum atomic E-state index is 0. The molecule has 0 fully saturated rings. The van der Waals surface area contributed by atoms with Crippen molar-refractivity contribution in [1.29, 1.82) is 0 Å². The van der Waals surface area contributed by atoms with Crippen LogP contribution in [0.25, 0.3) is 0 Å². The van der Waals surface area contributed by atoms with Crippen LogP contribution in [0.5, 0.6) is 0 Å². The minimum Gasteiger partial charge on any atom is 0 e. The van der Waals surface area contributed by atoms with Gasteiger partial charge in [-0.25, -0.2) is 0 Å². The van der Waals surface area contributed by atoms with E-state index in [0.717, 1.165) is 0 Å². The Morgan fingerprint density at radius 1 is 0.667 bits per heavy atom. The van der Waals surface area contributed by atoms with Crippen molar-refractivity contribution in [3.8, 4) is 0 Å². The fourth-order valence-electron chi connectivity index (χ4n) is 0. The normalized spacial score (nSPS) is 0. The van der Waals surface area contributed by atoms with Crippen molar-refractivity contribution in [2.75, 3.05) is 0 Å². The molecule has 0 aromatic rings. The van der Waals surface area contributed by atoms with Crippen molar-refractivity contribution in [1.82, 2.24) is 0 Å². The second-order valence-corrected chi connectivity index (χ2v) is 0. The summed E-state index contributed by atoms with van der Waals surface area (Å²) in [4.78, 5) is 0. The second-order valence-electron chi connectivity index (χ2n) is 0. The summed E-state index contributed by atoms with van der Waals surface area (Å²) in [7, 11) is 0. The minimum absolute atomic E-state index is 0. The molecule has 0 aromatic carbocycles. The van der Waals surface area contributed by atoms with Crippen LogP contribution < -0.4 is 0 Å². The zero-order valence-corrected chi connectivity index (χ0v) is 15.8. The Morgan fingerprint density at radius 3 is 0.667 bits per heavy atom. The van der Waals surface area contributed by atoms with E-state index in [0.29, 0.717) is 0 Å². The molecule has 0 saturated heterocycles. The predicted molar refractivity (Wildman–Crippen MR) is 26.7 cm³/mol. The second kappa shape index (κ2) is 38.4. The Labute approximate surface area is 113 Å². The van der Waals surface area contributed by atoms with E-state index >= 15 is 0 Å². The predicted octanol–water partition coefficient (Wildman–Crippen LogP) is 0.530. The van der Waals surface area contributed by atoms with Crippen LogP contribution in [0.3, 0.4) is 0 Å². The van der Waals surface area contributed by atoms with E-state index in [9.17, 15) is 0 Å². The molecular formula is InMgS2Zn2. The molecule has 0 nitrogen and oxygen atoms in total. The van der Waals surface area contributed by atoms with Gasteiger partial charge in [0.15, 0.2) is 0 Å². The molecule has 0 bridgehead atoms. The van der Waals surface area contributed by atoms with Gasteiger partial charge >= 0.3 is 0 Å². The first-order valence-electron chi connectivity index (χ1n) is 0. The summed E-state index contributed by atoms with van der Waals surface area (Å²) in [5, 5.41) is 0. The third-order valence-corrected chi connectivity index (χ3v) is 0. The van der Waals surface area contributed by atoms with Crippen molar-refractivity contribution in [2.45, 2.75) is 0 Å². The van der Waals surface area contributed by atoms with Crippen molar-refractivity contribution < 1.29 is 39.0 Å². The Balaban J connectivity index is 0. The molecule has 6 heteroatoms. The van der Waals surface area contributed by atoms with Crippen molar-refractivity contribution in [3.05, 3.63) is 0 Å². The third-order valence-electron chi connectivity index (χ3n) is 0. The molecule has 0 unspecified atom stereocenters. The van der Waals surface area contributed by atoms with Crippen LogP contribution in [0, 0.1) is 0 Å². The van der Waals surface area contributed by atoms with Gasteiger partial charge in [0.2, 0.25) is 0 Å². The van der Waals surface area contributed by atoms with E-state index in [-0.39, 0.29) is 115 Å². The van der Waals surface area contributed by atoms with Crippen LogP contribution in [0.15, 0.2) is 0 Å². The van der Waals surface area contributed by atoms with Gasteiger partial charge in [0.1, 0.15) is 0 Å². The quantitative estimate of drug-likeness (QED) is 0.567. The monoisotopic (exact) mass is 331 g/mol. The first kappa shape index (κ1) is 55.0. The zero-order chi connectivity index (χ0) is 0. The van der Waals surface area contributed by atoms with Crippen LogP contribution in [-0.2, 0) is 39.0 Å². The van der Waals surface area contributed by atoms with E-state index in [1.807, 2.05) is 0 Å². The molecule has 0 aliphatic rings. The van der Waals surface area contributed by atoms with Crippen LogP contribution >= 0.6 is 27.0 Å². The Morgan fingerprint density at radius 2 is 0.667 bits per heavy atom. The van der Waals surface area contributed by atoms with E-state index in [1.54, 1.807) is 0 Å². The molecule has 9 radical (unpaired) electrons. The zero-order valence-electron chi connectivity index (χ0n) is 3.52. The summed E-state index contributed by atoms with van der Waals surface area (Å²) in [5.41, 5.74) is 0. The maximum absolute atomic E-state index is 0. The van der Waals surface area contributed by atoms with Gasteiger partial charge in [0.05, 0.1) is 0 Å². The summed E-state index contributed by atoms with van der Waals surface area (Å²) in [6, 6.07) is 0. The molecule has 0 saturated carbocycles. The first-order chi connectivity index (χ1) is 0. The van der Waals surface area contributed by atoms with Gasteiger partial charge in [-0.05, 0) is 0 Å². The molecule has 0 aromatic heterocycles. The summed E-state index contributed by atoms with van der Waals surface area (Å²) in [6.07, 6.45) is 0.